The fourth-order valence-corrected chi connectivity index (χ4v) is 5.39. The van der Waals surface area contributed by atoms with Crippen molar-refractivity contribution in [3.8, 4) is 11.8 Å². The summed E-state index contributed by atoms with van der Waals surface area (Å²) in [5.74, 6) is 1.00. The SMILES string of the molecule is COCC(C)n1c(C)cc(/C=C(/C#N)C(=O)N2CCC(c3c[nH]c4ccc(OC)cc34)CC2)c1C. The van der Waals surface area contributed by atoms with Crippen LogP contribution in [0.2, 0.25) is 0 Å². The number of rotatable bonds is 7. The van der Waals surface area contributed by atoms with Gasteiger partial charge in [-0.05, 0) is 81.0 Å². The zero-order chi connectivity index (χ0) is 25.1. The smallest absolute Gasteiger partial charge is 0.264 e. The average Bonchev–Trinajstić information content (AvgIpc) is 3.41. The van der Waals surface area contributed by atoms with Crippen molar-refractivity contribution < 1.29 is 14.3 Å². The number of hydrogen-bond acceptors (Lipinski definition) is 4. The van der Waals surface area contributed by atoms with E-state index in [9.17, 15) is 10.1 Å². The van der Waals surface area contributed by atoms with E-state index < -0.39 is 0 Å². The van der Waals surface area contributed by atoms with E-state index in [2.05, 4.69) is 34.8 Å². The highest BCUT2D eigenvalue weighted by Crippen LogP contribution is 2.35. The summed E-state index contributed by atoms with van der Waals surface area (Å²) in [7, 11) is 3.37. The Bertz CT molecular complexity index is 1290. The molecule has 4 rings (SSSR count). The first-order valence-corrected chi connectivity index (χ1v) is 12.1. The molecule has 0 spiro atoms. The van der Waals surface area contributed by atoms with Gasteiger partial charge in [-0.2, -0.15) is 5.26 Å². The highest BCUT2D eigenvalue weighted by atomic mass is 16.5. The Hall–Kier alpha value is -3.50. The Balaban J connectivity index is 1.49. The zero-order valence-corrected chi connectivity index (χ0v) is 21.2. The molecule has 7 nitrogen and oxygen atoms in total. The second-order valence-electron chi connectivity index (χ2n) is 9.39. The van der Waals surface area contributed by atoms with Crippen molar-refractivity contribution in [2.75, 3.05) is 33.9 Å². The summed E-state index contributed by atoms with van der Waals surface area (Å²) in [5, 5.41) is 11.0. The molecule has 0 aliphatic carbocycles. The first kappa shape index (κ1) is 24.6. The van der Waals surface area contributed by atoms with E-state index in [1.807, 2.05) is 36.9 Å². The monoisotopic (exact) mass is 474 g/mol. The molecule has 0 bridgehead atoms. The molecular weight excluding hydrogens is 440 g/mol. The highest BCUT2D eigenvalue weighted by Gasteiger charge is 2.27. The summed E-state index contributed by atoms with van der Waals surface area (Å²) in [6, 6.07) is 10.4. The van der Waals surface area contributed by atoms with E-state index in [0.29, 0.717) is 25.6 Å². The lowest BCUT2D eigenvalue weighted by atomic mass is 9.89. The molecule has 3 heterocycles. The van der Waals surface area contributed by atoms with Crippen molar-refractivity contribution in [1.29, 1.82) is 5.26 Å². The van der Waals surface area contributed by atoms with Crippen LogP contribution in [0.15, 0.2) is 36.0 Å². The fraction of sp³-hybridized carbons (Fsp3) is 0.429. The van der Waals surface area contributed by atoms with Crippen LogP contribution in [0.1, 0.15) is 54.2 Å². The van der Waals surface area contributed by atoms with Gasteiger partial charge in [0.1, 0.15) is 17.4 Å². The minimum atomic E-state index is -0.193. The lowest BCUT2D eigenvalue weighted by molar-refractivity contribution is -0.127. The average molecular weight is 475 g/mol. The number of aromatic nitrogens is 2. The van der Waals surface area contributed by atoms with E-state index in [4.69, 9.17) is 9.47 Å². The number of aryl methyl sites for hydroxylation is 1. The number of amides is 1. The highest BCUT2D eigenvalue weighted by molar-refractivity contribution is 6.02. The number of ether oxygens (including phenoxy) is 2. The van der Waals surface area contributed by atoms with Crippen LogP contribution in [0.4, 0.5) is 0 Å². The number of nitrogens with one attached hydrogen (secondary N) is 1. The quantitative estimate of drug-likeness (QED) is 0.381. The number of piperidine rings is 1. The topological polar surface area (TPSA) is 83.3 Å². The number of methoxy groups -OCH3 is 2. The molecule has 35 heavy (non-hydrogen) atoms. The van der Waals surface area contributed by atoms with E-state index in [1.54, 1.807) is 20.3 Å². The lowest BCUT2D eigenvalue weighted by Gasteiger charge is -2.32. The number of likely N-dealkylation sites (tertiary alicyclic amines) is 1. The summed E-state index contributed by atoms with van der Waals surface area (Å²) in [6.45, 7) is 8.01. The van der Waals surface area contributed by atoms with Crippen LogP contribution < -0.4 is 4.74 Å². The zero-order valence-electron chi connectivity index (χ0n) is 21.2. The van der Waals surface area contributed by atoms with Crippen molar-refractivity contribution in [2.24, 2.45) is 0 Å². The normalized spacial score (nSPS) is 15.9. The number of nitriles is 1. The van der Waals surface area contributed by atoms with Gasteiger partial charge in [-0.15, -0.1) is 0 Å². The van der Waals surface area contributed by atoms with Gasteiger partial charge in [0.05, 0.1) is 19.8 Å². The molecule has 1 N–H and O–H groups in total. The van der Waals surface area contributed by atoms with Crippen LogP contribution in [0, 0.1) is 25.2 Å². The van der Waals surface area contributed by atoms with Gasteiger partial charge in [-0.1, -0.05) is 0 Å². The number of aromatic amines is 1. The van der Waals surface area contributed by atoms with E-state index in [1.165, 1.54) is 10.9 Å². The third-order valence-corrected chi connectivity index (χ3v) is 7.17. The van der Waals surface area contributed by atoms with Gasteiger partial charge in [-0.25, -0.2) is 0 Å². The van der Waals surface area contributed by atoms with Gasteiger partial charge >= 0.3 is 0 Å². The number of carbonyl (C=O) groups excluding carboxylic acids is 1. The first-order chi connectivity index (χ1) is 16.9. The molecule has 1 fully saturated rings. The van der Waals surface area contributed by atoms with Crippen molar-refractivity contribution in [3.63, 3.8) is 0 Å². The number of hydrogen-bond donors (Lipinski definition) is 1. The van der Waals surface area contributed by atoms with E-state index >= 15 is 0 Å². The predicted octanol–water partition coefficient (Wildman–Crippen LogP) is 5.12. The van der Waals surface area contributed by atoms with Crippen LogP contribution in [0.25, 0.3) is 17.0 Å². The Morgan fingerprint density at radius 3 is 2.66 bits per heavy atom. The maximum Gasteiger partial charge on any atom is 0.264 e. The molecule has 1 amide bonds. The van der Waals surface area contributed by atoms with Crippen LogP contribution in [-0.4, -0.2) is 54.3 Å². The molecule has 1 aliphatic heterocycles. The number of benzene rings is 1. The Kier molecular flexibility index (Phi) is 7.32. The van der Waals surface area contributed by atoms with Crippen LogP contribution in [0.5, 0.6) is 5.75 Å². The Morgan fingerprint density at radius 1 is 1.26 bits per heavy atom. The van der Waals surface area contributed by atoms with Crippen molar-refractivity contribution >= 4 is 22.9 Å². The molecule has 184 valence electrons. The molecule has 1 aliphatic rings. The van der Waals surface area contributed by atoms with Gasteiger partial charge in [0.2, 0.25) is 0 Å². The summed E-state index contributed by atoms with van der Waals surface area (Å²) >= 11 is 0. The van der Waals surface area contributed by atoms with E-state index in [-0.39, 0.29) is 17.5 Å². The number of carbonyl (C=O) groups is 1. The molecule has 2 aromatic heterocycles. The number of H-pyrrole nitrogens is 1. The Morgan fingerprint density at radius 2 is 2.00 bits per heavy atom. The third kappa shape index (κ3) is 4.85. The van der Waals surface area contributed by atoms with Crippen molar-refractivity contribution in [2.45, 2.75) is 45.6 Å². The predicted molar refractivity (Wildman–Crippen MR) is 137 cm³/mol. The van der Waals surface area contributed by atoms with Crippen LogP contribution >= 0.6 is 0 Å². The number of fused-ring (bicyclic) bond motifs is 1. The van der Waals surface area contributed by atoms with Gasteiger partial charge in [-0.3, -0.25) is 4.79 Å². The molecule has 1 unspecified atom stereocenters. The second-order valence-corrected chi connectivity index (χ2v) is 9.39. The second kappa shape index (κ2) is 10.4. The Labute approximate surface area is 206 Å². The maximum absolute atomic E-state index is 13.2. The third-order valence-electron chi connectivity index (χ3n) is 7.17. The molecule has 1 aromatic carbocycles. The summed E-state index contributed by atoms with van der Waals surface area (Å²) in [6.07, 6.45) is 5.53. The van der Waals surface area contributed by atoms with Crippen LogP contribution in [0.3, 0.4) is 0 Å². The molecule has 1 atom stereocenters. The van der Waals surface area contributed by atoms with Crippen molar-refractivity contribution in [1.82, 2.24) is 14.5 Å². The van der Waals surface area contributed by atoms with Crippen LogP contribution in [-0.2, 0) is 9.53 Å². The minimum absolute atomic E-state index is 0.173. The standard InChI is InChI=1S/C28H34N4O3/c1-18-12-22(20(3)32(18)19(2)17-34-4)13-23(15-29)28(33)31-10-8-21(9-11-31)26-16-30-27-7-6-24(35-5)14-25(26)27/h6-7,12-14,16,19,21,30H,8-11,17H2,1-5H3/b23-13-. The van der Waals surface area contributed by atoms with E-state index in [0.717, 1.165) is 41.1 Å². The van der Waals surface area contributed by atoms with Crippen molar-refractivity contribution in [3.05, 3.63) is 58.6 Å². The molecule has 7 heteroatoms. The van der Waals surface area contributed by atoms with Gasteiger partial charge in [0.15, 0.2) is 0 Å². The minimum Gasteiger partial charge on any atom is -0.497 e. The lowest BCUT2D eigenvalue weighted by Crippen LogP contribution is -2.38. The number of nitrogens with zero attached hydrogens (tertiary/aromatic N) is 3. The summed E-state index contributed by atoms with van der Waals surface area (Å²) < 4.78 is 12.9. The maximum atomic E-state index is 13.2. The van der Waals surface area contributed by atoms with Gasteiger partial charge in [0, 0.05) is 48.7 Å². The fourth-order valence-electron chi connectivity index (χ4n) is 5.39. The molecule has 0 radical (unpaired) electrons. The first-order valence-electron chi connectivity index (χ1n) is 12.1. The molecule has 0 saturated carbocycles. The van der Waals surface area contributed by atoms with Gasteiger partial charge < -0.3 is 23.9 Å². The molecule has 3 aromatic rings. The van der Waals surface area contributed by atoms with Gasteiger partial charge in [0.25, 0.3) is 5.91 Å². The summed E-state index contributed by atoms with van der Waals surface area (Å²) in [5.41, 5.74) is 5.55. The molecular formula is C28H34N4O3. The molecule has 1 saturated heterocycles. The summed E-state index contributed by atoms with van der Waals surface area (Å²) in [4.78, 5) is 18.4. The largest absolute Gasteiger partial charge is 0.497 e.